The quantitative estimate of drug-likeness (QED) is 0.527. The average molecular weight is 479 g/mol. The highest BCUT2D eigenvalue weighted by atomic mass is 16.6. The number of anilines is 2. The zero-order chi connectivity index (χ0) is 25.3. The van der Waals surface area contributed by atoms with E-state index in [0.717, 1.165) is 35.3 Å². The summed E-state index contributed by atoms with van der Waals surface area (Å²) in [5, 5.41) is 4.22. The summed E-state index contributed by atoms with van der Waals surface area (Å²) >= 11 is 0. The molecule has 186 valence electrons. The van der Waals surface area contributed by atoms with Gasteiger partial charge in [-0.2, -0.15) is 0 Å². The molecule has 3 N–H and O–H groups in total. The number of nitrogens with one attached hydrogen (secondary N) is 1. The molecule has 2 atom stereocenters. The molecule has 1 aliphatic heterocycles. The second kappa shape index (κ2) is 9.95. The summed E-state index contributed by atoms with van der Waals surface area (Å²) in [7, 11) is 3.60. The maximum absolute atomic E-state index is 13.0. The molecule has 0 aliphatic carbocycles. The highest BCUT2D eigenvalue weighted by Gasteiger charge is 2.28. The van der Waals surface area contributed by atoms with Gasteiger partial charge in [0.1, 0.15) is 11.6 Å². The van der Waals surface area contributed by atoms with Gasteiger partial charge in [0.05, 0.1) is 18.7 Å². The molecule has 0 radical (unpaired) electrons. The summed E-state index contributed by atoms with van der Waals surface area (Å²) in [5.41, 5.74) is 9.62. The lowest BCUT2D eigenvalue weighted by Gasteiger charge is -2.37. The second-order valence-corrected chi connectivity index (χ2v) is 9.36. The molecule has 0 bridgehead atoms. The predicted octanol–water partition coefficient (Wildman–Crippen LogP) is 4.15. The number of likely N-dealkylation sites (N-methyl/N-ethyl adjacent to an activating group) is 1. The Hall–Kier alpha value is -3.59. The van der Waals surface area contributed by atoms with Gasteiger partial charge in [-0.15, -0.1) is 0 Å². The Kier molecular flexibility index (Phi) is 6.98. The van der Waals surface area contributed by atoms with Gasteiger partial charge >= 0.3 is 6.09 Å². The normalized spacial score (nSPS) is 17.3. The van der Waals surface area contributed by atoms with Crippen molar-refractivity contribution in [2.45, 2.75) is 39.8 Å². The summed E-state index contributed by atoms with van der Waals surface area (Å²) in [6, 6.07) is 9.53. The van der Waals surface area contributed by atoms with E-state index in [9.17, 15) is 4.79 Å². The van der Waals surface area contributed by atoms with Crippen molar-refractivity contribution in [3.63, 3.8) is 0 Å². The first-order chi connectivity index (χ1) is 16.6. The van der Waals surface area contributed by atoms with Crippen LogP contribution in [0.15, 0.2) is 30.3 Å². The number of piperazine rings is 1. The van der Waals surface area contributed by atoms with Crippen molar-refractivity contribution in [3.8, 4) is 11.5 Å². The number of fused-ring (bicyclic) bond motifs is 1. The van der Waals surface area contributed by atoms with Crippen LogP contribution in [-0.4, -0.2) is 65.7 Å². The van der Waals surface area contributed by atoms with Crippen molar-refractivity contribution in [1.29, 1.82) is 0 Å². The van der Waals surface area contributed by atoms with Gasteiger partial charge in [-0.05, 0) is 64.1 Å². The largest absolute Gasteiger partial charge is 0.493 e. The van der Waals surface area contributed by atoms with Gasteiger partial charge < -0.3 is 30.3 Å². The van der Waals surface area contributed by atoms with Gasteiger partial charge in [0.15, 0.2) is 11.5 Å². The second-order valence-electron chi connectivity index (χ2n) is 9.36. The van der Waals surface area contributed by atoms with Crippen molar-refractivity contribution in [2.24, 2.45) is 0 Å². The number of carbonyl (C=O) groups excluding carboxylic acids is 1. The number of amides is 1. The number of ether oxygens (including phenoxy) is 2. The maximum atomic E-state index is 13.0. The third-order valence-electron chi connectivity index (χ3n) is 6.33. The van der Waals surface area contributed by atoms with Crippen LogP contribution in [0.3, 0.4) is 0 Å². The van der Waals surface area contributed by atoms with E-state index in [0.29, 0.717) is 35.2 Å². The Morgan fingerprint density at radius 3 is 2.60 bits per heavy atom. The fourth-order valence-electron chi connectivity index (χ4n) is 4.55. The number of nitrogens with two attached hydrogens (primary N) is 1. The molecule has 3 aromatic rings. The number of hydrogen-bond acceptors (Lipinski definition) is 8. The number of aryl methyl sites for hydroxylation is 2. The first-order valence-corrected chi connectivity index (χ1v) is 11.8. The Balaban J connectivity index is 1.67. The van der Waals surface area contributed by atoms with E-state index in [1.54, 1.807) is 24.1 Å². The van der Waals surface area contributed by atoms with Gasteiger partial charge in [-0.1, -0.05) is 6.07 Å². The Morgan fingerprint density at radius 1 is 1.14 bits per heavy atom. The number of hydrogen-bond donors (Lipinski definition) is 2. The standard InChI is InChI=1S/C26H34N6O3/c1-15-9-19(11-20(27)10-15)17(3)28-25-21-12-24(23(34-6)13-22(21)29-18(4)30-25)35-26(33)32-8-7-31(5)14-16(32)2/h9-13,16-17H,7-8,14,27H2,1-6H3,(H,28,29,30)/t16?,17-/m1/s1. The zero-order valence-corrected chi connectivity index (χ0v) is 21.3. The summed E-state index contributed by atoms with van der Waals surface area (Å²) < 4.78 is 11.4. The van der Waals surface area contributed by atoms with E-state index in [2.05, 4.69) is 33.2 Å². The molecule has 2 aromatic carbocycles. The maximum Gasteiger partial charge on any atom is 0.415 e. The molecule has 2 heterocycles. The third kappa shape index (κ3) is 5.40. The molecule has 1 aromatic heterocycles. The highest BCUT2D eigenvalue weighted by Crippen LogP contribution is 2.36. The van der Waals surface area contributed by atoms with Crippen molar-refractivity contribution in [2.75, 3.05) is 44.8 Å². The van der Waals surface area contributed by atoms with Gasteiger partial charge in [0.2, 0.25) is 0 Å². The topological polar surface area (TPSA) is 106 Å². The van der Waals surface area contributed by atoms with Crippen LogP contribution >= 0.6 is 0 Å². The molecule has 35 heavy (non-hydrogen) atoms. The highest BCUT2D eigenvalue weighted by molar-refractivity contribution is 5.92. The number of nitrogens with zero attached hydrogens (tertiary/aromatic N) is 4. The monoisotopic (exact) mass is 478 g/mol. The van der Waals surface area contributed by atoms with Crippen LogP contribution in [0.4, 0.5) is 16.3 Å². The van der Waals surface area contributed by atoms with Crippen LogP contribution < -0.4 is 20.5 Å². The fourth-order valence-corrected chi connectivity index (χ4v) is 4.55. The van der Waals surface area contributed by atoms with Crippen LogP contribution in [0.2, 0.25) is 0 Å². The number of methoxy groups -OCH3 is 1. The fraction of sp³-hybridized carbons (Fsp3) is 0.423. The molecule has 1 aliphatic rings. The van der Waals surface area contributed by atoms with Crippen molar-refractivity contribution in [3.05, 3.63) is 47.3 Å². The predicted molar refractivity (Wildman–Crippen MR) is 138 cm³/mol. The molecule has 1 fully saturated rings. The van der Waals surface area contributed by atoms with Crippen LogP contribution in [0.25, 0.3) is 10.9 Å². The third-order valence-corrected chi connectivity index (χ3v) is 6.33. The Bertz CT molecular complexity index is 1230. The first-order valence-electron chi connectivity index (χ1n) is 11.8. The van der Waals surface area contributed by atoms with Crippen molar-refractivity contribution in [1.82, 2.24) is 19.8 Å². The molecule has 0 saturated carbocycles. The van der Waals surface area contributed by atoms with Gasteiger partial charge in [0.25, 0.3) is 0 Å². The van der Waals surface area contributed by atoms with Crippen molar-refractivity contribution < 1.29 is 14.3 Å². The van der Waals surface area contributed by atoms with Crippen LogP contribution in [0.1, 0.15) is 36.8 Å². The van der Waals surface area contributed by atoms with E-state index >= 15 is 0 Å². The number of aromatic nitrogens is 2. The minimum Gasteiger partial charge on any atom is -0.493 e. The van der Waals surface area contributed by atoms with Crippen LogP contribution in [0, 0.1) is 13.8 Å². The van der Waals surface area contributed by atoms with Gasteiger partial charge in [0, 0.05) is 42.8 Å². The molecule has 1 saturated heterocycles. The Morgan fingerprint density at radius 2 is 1.91 bits per heavy atom. The lowest BCUT2D eigenvalue weighted by atomic mass is 10.0. The number of benzene rings is 2. The van der Waals surface area contributed by atoms with E-state index in [1.807, 2.05) is 40.0 Å². The number of nitrogen functional groups attached to an aromatic ring is 1. The average Bonchev–Trinajstić information content (AvgIpc) is 2.78. The summed E-state index contributed by atoms with van der Waals surface area (Å²) in [4.78, 5) is 26.2. The lowest BCUT2D eigenvalue weighted by molar-refractivity contribution is 0.0886. The van der Waals surface area contributed by atoms with Crippen LogP contribution in [-0.2, 0) is 0 Å². The van der Waals surface area contributed by atoms with Gasteiger partial charge in [-0.25, -0.2) is 14.8 Å². The zero-order valence-electron chi connectivity index (χ0n) is 21.3. The van der Waals surface area contributed by atoms with E-state index in [1.165, 1.54) is 0 Å². The molecule has 1 amide bonds. The summed E-state index contributed by atoms with van der Waals surface area (Å²) in [5.74, 6) is 2.04. The van der Waals surface area contributed by atoms with Crippen molar-refractivity contribution >= 4 is 28.5 Å². The smallest absolute Gasteiger partial charge is 0.415 e. The van der Waals surface area contributed by atoms with Crippen LogP contribution in [0.5, 0.6) is 11.5 Å². The summed E-state index contributed by atoms with van der Waals surface area (Å²) in [6.07, 6.45) is -0.394. The molecule has 9 heteroatoms. The molecule has 9 nitrogen and oxygen atoms in total. The lowest BCUT2D eigenvalue weighted by Crippen LogP contribution is -2.53. The Labute approximate surface area is 206 Å². The number of carbonyl (C=O) groups is 1. The molecular formula is C26H34N6O3. The molecule has 0 spiro atoms. The summed E-state index contributed by atoms with van der Waals surface area (Å²) in [6.45, 7) is 10.1. The first kappa shape index (κ1) is 24.5. The molecule has 1 unspecified atom stereocenters. The van der Waals surface area contributed by atoms with E-state index in [4.69, 9.17) is 15.2 Å². The number of rotatable bonds is 5. The SMILES string of the molecule is COc1cc2nc(C)nc(N[C@H](C)c3cc(C)cc(N)c3)c2cc1OC(=O)N1CCN(C)CC1C. The van der Waals surface area contributed by atoms with E-state index < -0.39 is 6.09 Å². The minimum absolute atomic E-state index is 0.0542. The molecular weight excluding hydrogens is 444 g/mol. The molecule has 4 rings (SSSR count). The van der Waals surface area contributed by atoms with E-state index in [-0.39, 0.29) is 12.1 Å². The minimum atomic E-state index is -0.394. The van der Waals surface area contributed by atoms with Gasteiger partial charge in [-0.3, -0.25) is 0 Å².